The topological polar surface area (TPSA) is 127 Å². The minimum absolute atomic E-state index is 0.0293. The molecular formula is C18H19N5O3. The lowest BCUT2D eigenvalue weighted by molar-refractivity contribution is -0.384. The highest BCUT2D eigenvalue weighted by molar-refractivity contribution is 5.91. The average Bonchev–Trinajstić information content (AvgIpc) is 2.65. The molecule has 0 aliphatic rings. The van der Waals surface area contributed by atoms with Gasteiger partial charge in [0.25, 0.3) is 5.69 Å². The number of aromatic nitrogens is 2. The zero-order valence-corrected chi connectivity index (χ0v) is 14.2. The highest BCUT2D eigenvalue weighted by Crippen LogP contribution is 2.32. The minimum atomic E-state index is -0.524. The maximum atomic E-state index is 11.0. The van der Waals surface area contributed by atoms with Crippen LogP contribution in [-0.2, 0) is 0 Å². The van der Waals surface area contributed by atoms with Crippen LogP contribution in [0.1, 0.15) is 13.3 Å². The lowest BCUT2D eigenvalue weighted by Crippen LogP contribution is -2.28. The van der Waals surface area contributed by atoms with Crippen molar-refractivity contribution in [1.82, 2.24) is 9.97 Å². The second-order valence-electron chi connectivity index (χ2n) is 5.92. The maximum Gasteiger partial charge on any atom is 0.270 e. The summed E-state index contributed by atoms with van der Waals surface area (Å²) in [6, 6.07) is 11.2. The quantitative estimate of drug-likeness (QED) is 0.459. The number of nitrogens with zero attached hydrogens (tertiary/aromatic N) is 3. The molecule has 8 nitrogen and oxygen atoms in total. The third-order valence-electron chi connectivity index (χ3n) is 4.09. The van der Waals surface area contributed by atoms with Crippen molar-refractivity contribution >= 4 is 22.4 Å². The van der Waals surface area contributed by atoms with E-state index in [1.54, 1.807) is 0 Å². The number of benzene rings is 2. The Morgan fingerprint density at radius 2 is 2.04 bits per heavy atom. The molecule has 0 saturated heterocycles. The number of aromatic hydroxyl groups is 1. The van der Waals surface area contributed by atoms with E-state index in [0.717, 1.165) is 11.8 Å². The summed E-state index contributed by atoms with van der Waals surface area (Å²) >= 11 is 0. The van der Waals surface area contributed by atoms with Gasteiger partial charge in [-0.05, 0) is 24.6 Å². The average molecular weight is 353 g/mol. The van der Waals surface area contributed by atoms with E-state index < -0.39 is 4.92 Å². The molecular weight excluding hydrogens is 334 g/mol. The number of anilines is 1. The van der Waals surface area contributed by atoms with Gasteiger partial charge in [-0.1, -0.05) is 19.1 Å². The lowest BCUT2D eigenvalue weighted by atomic mass is 10.1. The van der Waals surface area contributed by atoms with Crippen LogP contribution in [0, 0.1) is 10.1 Å². The van der Waals surface area contributed by atoms with Crippen molar-refractivity contribution in [3.63, 3.8) is 0 Å². The molecule has 0 bridgehead atoms. The Labute approximate surface area is 149 Å². The van der Waals surface area contributed by atoms with Crippen molar-refractivity contribution < 1.29 is 10.0 Å². The standard InChI is InChI=1S/C18H19N5O3/c1-2-11(19)10-20-17-13-5-3-4-6-15(13)21-18(22-17)14-9-12(23(25)26)7-8-16(14)24/h3-9,11,24H,2,10,19H2,1H3,(H,20,21,22). The molecule has 26 heavy (non-hydrogen) atoms. The van der Waals surface area contributed by atoms with E-state index in [-0.39, 0.29) is 28.9 Å². The zero-order chi connectivity index (χ0) is 18.7. The summed E-state index contributed by atoms with van der Waals surface area (Å²) in [5.41, 5.74) is 6.69. The third kappa shape index (κ3) is 3.55. The molecule has 3 rings (SSSR count). The van der Waals surface area contributed by atoms with Gasteiger partial charge in [0.15, 0.2) is 5.82 Å². The Morgan fingerprint density at radius 3 is 2.77 bits per heavy atom. The fourth-order valence-corrected chi connectivity index (χ4v) is 2.52. The van der Waals surface area contributed by atoms with Crippen LogP contribution in [0.15, 0.2) is 42.5 Å². The van der Waals surface area contributed by atoms with E-state index in [1.165, 1.54) is 18.2 Å². The Bertz CT molecular complexity index is 961. The SMILES string of the molecule is CCC(N)CNc1nc(-c2cc([N+](=O)[O-])ccc2O)nc2ccccc12. The number of nitro benzene ring substituents is 1. The fourth-order valence-electron chi connectivity index (χ4n) is 2.52. The number of nitrogens with two attached hydrogens (primary N) is 1. The molecule has 2 aromatic carbocycles. The Hall–Kier alpha value is -3.26. The van der Waals surface area contributed by atoms with Crippen LogP contribution in [0.3, 0.4) is 0 Å². The first kappa shape index (κ1) is 17.6. The molecule has 0 radical (unpaired) electrons. The number of hydrogen-bond donors (Lipinski definition) is 3. The van der Waals surface area contributed by atoms with E-state index in [9.17, 15) is 15.2 Å². The van der Waals surface area contributed by atoms with Gasteiger partial charge < -0.3 is 16.2 Å². The highest BCUT2D eigenvalue weighted by Gasteiger charge is 2.16. The Balaban J connectivity index is 2.12. The van der Waals surface area contributed by atoms with Gasteiger partial charge in [0, 0.05) is 30.1 Å². The zero-order valence-electron chi connectivity index (χ0n) is 14.2. The van der Waals surface area contributed by atoms with Gasteiger partial charge in [0.1, 0.15) is 11.6 Å². The molecule has 1 unspecified atom stereocenters. The van der Waals surface area contributed by atoms with Crippen LogP contribution in [0.4, 0.5) is 11.5 Å². The molecule has 1 aromatic heterocycles. The van der Waals surface area contributed by atoms with Gasteiger partial charge in [-0.15, -0.1) is 0 Å². The number of nitrogens with one attached hydrogen (secondary N) is 1. The van der Waals surface area contributed by atoms with E-state index in [2.05, 4.69) is 15.3 Å². The molecule has 0 fully saturated rings. The normalized spacial score (nSPS) is 12.1. The summed E-state index contributed by atoms with van der Waals surface area (Å²) in [5, 5.41) is 25.2. The summed E-state index contributed by atoms with van der Waals surface area (Å²) in [6.07, 6.45) is 0.814. The van der Waals surface area contributed by atoms with E-state index in [0.29, 0.717) is 17.9 Å². The minimum Gasteiger partial charge on any atom is -0.507 e. The van der Waals surface area contributed by atoms with Crippen LogP contribution in [0.25, 0.3) is 22.3 Å². The molecule has 1 atom stereocenters. The fraction of sp³-hybridized carbons (Fsp3) is 0.222. The van der Waals surface area contributed by atoms with Crippen LogP contribution in [0.2, 0.25) is 0 Å². The largest absolute Gasteiger partial charge is 0.507 e. The second-order valence-corrected chi connectivity index (χ2v) is 5.92. The molecule has 8 heteroatoms. The molecule has 0 aliphatic carbocycles. The van der Waals surface area contributed by atoms with Gasteiger partial charge in [-0.25, -0.2) is 9.97 Å². The molecule has 3 aromatic rings. The van der Waals surface area contributed by atoms with Crippen LogP contribution in [0.5, 0.6) is 5.75 Å². The van der Waals surface area contributed by atoms with Crippen LogP contribution in [-0.4, -0.2) is 32.6 Å². The highest BCUT2D eigenvalue weighted by atomic mass is 16.6. The number of rotatable bonds is 6. The van der Waals surface area contributed by atoms with Crippen LogP contribution >= 0.6 is 0 Å². The first-order valence-corrected chi connectivity index (χ1v) is 8.23. The molecule has 0 spiro atoms. The smallest absolute Gasteiger partial charge is 0.270 e. The Kier molecular flexibility index (Phi) is 4.94. The first-order valence-electron chi connectivity index (χ1n) is 8.23. The molecule has 134 valence electrons. The summed E-state index contributed by atoms with van der Waals surface area (Å²) in [4.78, 5) is 19.4. The van der Waals surface area contributed by atoms with E-state index in [4.69, 9.17) is 5.73 Å². The monoisotopic (exact) mass is 353 g/mol. The lowest BCUT2D eigenvalue weighted by Gasteiger charge is -2.14. The number of para-hydroxylation sites is 1. The second kappa shape index (κ2) is 7.32. The van der Waals surface area contributed by atoms with Crippen LogP contribution < -0.4 is 11.1 Å². The molecule has 1 heterocycles. The maximum absolute atomic E-state index is 11.0. The van der Waals surface area contributed by atoms with Gasteiger partial charge in [-0.2, -0.15) is 0 Å². The van der Waals surface area contributed by atoms with Crippen molar-refractivity contribution in [3.05, 3.63) is 52.6 Å². The summed E-state index contributed by atoms with van der Waals surface area (Å²) in [6.45, 7) is 2.52. The third-order valence-corrected chi connectivity index (χ3v) is 4.09. The number of hydrogen-bond acceptors (Lipinski definition) is 7. The van der Waals surface area contributed by atoms with Crippen molar-refractivity contribution in [2.24, 2.45) is 5.73 Å². The van der Waals surface area contributed by atoms with Gasteiger partial charge >= 0.3 is 0 Å². The van der Waals surface area contributed by atoms with Crippen molar-refractivity contribution in [2.75, 3.05) is 11.9 Å². The first-order chi connectivity index (χ1) is 12.5. The molecule has 0 amide bonds. The van der Waals surface area contributed by atoms with Gasteiger partial charge in [-0.3, -0.25) is 10.1 Å². The van der Waals surface area contributed by atoms with Crippen molar-refractivity contribution in [2.45, 2.75) is 19.4 Å². The summed E-state index contributed by atoms with van der Waals surface area (Å²) < 4.78 is 0. The predicted molar refractivity (Wildman–Crippen MR) is 100 cm³/mol. The van der Waals surface area contributed by atoms with Gasteiger partial charge in [0.05, 0.1) is 16.0 Å². The van der Waals surface area contributed by atoms with E-state index in [1.807, 2.05) is 31.2 Å². The number of fused-ring (bicyclic) bond motifs is 1. The molecule has 0 saturated carbocycles. The number of phenols is 1. The molecule has 0 aliphatic heterocycles. The summed E-state index contributed by atoms with van der Waals surface area (Å²) in [7, 11) is 0. The number of phenolic OH excluding ortho intramolecular Hbond substituents is 1. The predicted octanol–water partition coefficient (Wildman–Crippen LogP) is 3.06. The number of non-ortho nitro benzene ring substituents is 1. The molecule has 4 N–H and O–H groups in total. The van der Waals surface area contributed by atoms with E-state index >= 15 is 0 Å². The summed E-state index contributed by atoms with van der Waals surface area (Å²) in [5.74, 6) is 0.653. The van der Waals surface area contributed by atoms with Crippen molar-refractivity contribution in [1.29, 1.82) is 0 Å². The Morgan fingerprint density at radius 1 is 1.27 bits per heavy atom. The van der Waals surface area contributed by atoms with Crippen molar-refractivity contribution in [3.8, 4) is 17.1 Å². The van der Waals surface area contributed by atoms with Gasteiger partial charge in [0.2, 0.25) is 0 Å². The number of nitro groups is 1.